The minimum atomic E-state index is -0.689. The minimum absolute atomic E-state index is 0.101. The SMILES string of the molecule is O=C1C(=O)N(CCC[NH+]2CCOCC2)[C@H](c2ccccn2)C1=C(O)c1ccccc1. The van der Waals surface area contributed by atoms with E-state index in [1.165, 1.54) is 4.90 Å². The topological polar surface area (TPSA) is 84.2 Å². The number of rotatable bonds is 6. The zero-order valence-corrected chi connectivity index (χ0v) is 16.8. The lowest BCUT2D eigenvalue weighted by atomic mass is 9.98. The first-order valence-electron chi connectivity index (χ1n) is 10.3. The summed E-state index contributed by atoms with van der Waals surface area (Å²) in [6.45, 7) is 4.75. The van der Waals surface area contributed by atoms with Crippen molar-refractivity contribution < 1.29 is 24.3 Å². The van der Waals surface area contributed by atoms with Gasteiger partial charge in [-0.3, -0.25) is 14.6 Å². The van der Waals surface area contributed by atoms with Crippen LogP contribution in [0.4, 0.5) is 0 Å². The third-order valence-corrected chi connectivity index (χ3v) is 5.68. The molecule has 0 aliphatic carbocycles. The molecule has 0 unspecified atom stereocenters. The van der Waals surface area contributed by atoms with Gasteiger partial charge in [-0.25, -0.2) is 0 Å². The Morgan fingerprint density at radius 2 is 1.83 bits per heavy atom. The fourth-order valence-corrected chi connectivity index (χ4v) is 4.12. The Morgan fingerprint density at radius 3 is 2.53 bits per heavy atom. The lowest BCUT2D eigenvalue weighted by Gasteiger charge is -2.27. The Bertz CT molecular complexity index is 924. The van der Waals surface area contributed by atoms with E-state index in [1.807, 2.05) is 12.1 Å². The molecule has 2 N–H and O–H groups in total. The van der Waals surface area contributed by atoms with Gasteiger partial charge in [0.15, 0.2) is 0 Å². The number of benzene rings is 1. The lowest BCUT2D eigenvalue weighted by Crippen LogP contribution is -3.14. The standard InChI is InChI=1S/C23H25N3O4/c27-21(17-7-2-1-3-8-17)19-20(18-9-4-5-10-24-18)26(23(29)22(19)28)12-6-11-25-13-15-30-16-14-25/h1-5,7-10,20,27H,6,11-16H2/p+1/t20-/m1/s1. The summed E-state index contributed by atoms with van der Waals surface area (Å²) in [5.41, 5.74) is 1.19. The van der Waals surface area contributed by atoms with Gasteiger partial charge >= 0.3 is 0 Å². The average Bonchev–Trinajstić information content (AvgIpc) is 3.05. The van der Waals surface area contributed by atoms with Gasteiger partial charge in [-0.15, -0.1) is 0 Å². The van der Waals surface area contributed by atoms with Crippen LogP contribution in [0, 0.1) is 0 Å². The van der Waals surface area contributed by atoms with Crippen LogP contribution in [0.2, 0.25) is 0 Å². The molecule has 7 heteroatoms. The number of aliphatic hydroxyl groups excluding tert-OH is 1. The molecule has 1 aromatic heterocycles. The number of amides is 1. The van der Waals surface area contributed by atoms with Crippen molar-refractivity contribution in [3.05, 3.63) is 71.6 Å². The summed E-state index contributed by atoms with van der Waals surface area (Å²) in [6, 6.07) is 13.6. The monoisotopic (exact) mass is 408 g/mol. The van der Waals surface area contributed by atoms with Crippen molar-refractivity contribution in [1.82, 2.24) is 9.88 Å². The molecule has 0 bridgehead atoms. The van der Waals surface area contributed by atoms with Crippen molar-refractivity contribution in [2.24, 2.45) is 0 Å². The van der Waals surface area contributed by atoms with E-state index in [4.69, 9.17) is 4.74 Å². The van der Waals surface area contributed by atoms with E-state index in [1.54, 1.807) is 47.5 Å². The van der Waals surface area contributed by atoms with E-state index in [0.717, 1.165) is 39.3 Å². The summed E-state index contributed by atoms with van der Waals surface area (Å²) in [4.78, 5) is 33.2. The molecular formula is C23H26N3O4+. The predicted molar refractivity (Wildman–Crippen MR) is 111 cm³/mol. The Kier molecular flexibility index (Phi) is 6.21. The number of aliphatic hydroxyl groups is 1. The van der Waals surface area contributed by atoms with Gasteiger partial charge in [-0.05, 0) is 12.1 Å². The smallest absolute Gasteiger partial charge is 0.295 e. The van der Waals surface area contributed by atoms with Gasteiger partial charge in [-0.2, -0.15) is 0 Å². The van der Waals surface area contributed by atoms with Crippen LogP contribution in [-0.4, -0.2) is 66.1 Å². The molecule has 2 aliphatic heterocycles. The molecule has 0 spiro atoms. The highest BCUT2D eigenvalue weighted by Gasteiger charge is 2.46. The van der Waals surface area contributed by atoms with Crippen LogP contribution < -0.4 is 4.90 Å². The number of aromatic nitrogens is 1. The molecule has 0 saturated carbocycles. The average molecular weight is 408 g/mol. The fourth-order valence-electron chi connectivity index (χ4n) is 4.12. The number of pyridine rings is 1. The van der Waals surface area contributed by atoms with Crippen molar-refractivity contribution in [3.8, 4) is 0 Å². The maximum atomic E-state index is 12.9. The summed E-state index contributed by atoms with van der Waals surface area (Å²) in [5, 5.41) is 10.9. The Labute approximate surface area is 175 Å². The third-order valence-electron chi connectivity index (χ3n) is 5.68. The first-order chi connectivity index (χ1) is 14.7. The molecule has 1 atom stereocenters. The van der Waals surface area contributed by atoms with Crippen LogP contribution in [0.15, 0.2) is 60.3 Å². The molecule has 2 fully saturated rings. The van der Waals surface area contributed by atoms with Crippen LogP contribution in [0.3, 0.4) is 0 Å². The molecule has 4 rings (SSSR count). The van der Waals surface area contributed by atoms with Crippen LogP contribution in [0.25, 0.3) is 5.76 Å². The highest BCUT2D eigenvalue weighted by atomic mass is 16.5. The number of Topliss-reactive ketones (excluding diaryl/α,β-unsaturated/α-hetero) is 1. The van der Waals surface area contributed by atoms with Gasteiger partial charge in [-0.1, -0.05) is 36.4 Å². The molecule has 7 nitrogen and oxygen atoms in total. The summed E-state index contributed by atoms with van der Waals surface area (Å²) in [5.74, 6) is -1.41. The molecule has 156 valence electrons. The first-order valence-corrected chi connectivity index (χ1v) is 10.3. The highest BCUT2D eigenvalue weighted by molar-refractivity contribution is 6.46. The number of carbonyl (C=O) groups is 2. The van der Waals surface area contributed by atoms with Gasteiger partial charge in [0.1, 0.15) is 24.9 Å². The van der Waals surface area contributed by atoms with Crippen molar-refractivity contribution in [2.75, 3.05) is 39.4 Å². The second-order valence-electron chi connectivity index (χ2n) is 7.58. The number of likely N-dealkylation sites (tertiary alicyclic amines) is 1. The number of nitrogens with zero attached hydrogens (tertiary/aromatic N) is 2. The van der Waals surface area contributed by atoms with E-state index >= 15 is 0 Å². The lowest BCUT2D eigenvalue weighted by molar-refractivity contribution is -0.908. The Balaban J connectivity index is 1.63. The van der Waals surface area contributed by atoms with Crippen LogP contribution in [0.1, 0.15) is 23.7 Å². The van der Waals surface area contributed by atoms with Crippen molar-refractivity contribution in [2.45, 2.75) is 12.5 Å². The summed E-state index contributed by atoms with van der Waals surface area (Å²) in [7, 11) is 0. The number of hydrogen-bond acceptors (Lipinski definition) is 5. The highest BCUT2D eigenvalue weighted by Crippen LogP contribution is 2.38. The summed E-state index contributed by atoms with van der Waals surface area (Å²) >= 11 is 0. The van der Waals surface area contributed by atoms with Crippen LogP contribution >= 0.6 is 0 Å². The van der Waals surface area contributed by atoms with E-state index in [-0.39, 0.29) is 11.3 Å². The van der Waals surface area contributed by atoms with Gasteiger partial charge in [0.25, 0.3) is 11.7 Å². The normalized spacial score (nSPS) is 21.9. The van der Waals surface area contributed by atoms with E-state index in [9.17, 15) is 14.7 Å². The molecule has 3 heterocycles. The van der Waals surface area contributed by atoms with Gasteiger partial charge in [0, 0.05) is 24.7 Å². The number of nitrogens with one attached hydrogen (secondary N) is 1. The number of morpholine rings is 1. The predicted octanol–water partition coefficient (Wildman–Crippen LogP) is 0.809. The van der Waals surface area contributed by atoms with Crippen LogP contribution in [-0.2, 0) is 14.3 Å². The fraction of sp³-hybridized carbons (Fsp3) is 0.348. The number of carbonyl (C=O) groups excluding carboxylic acids is 2. The molecule has 2 aromatic rings. The maximum Gasteiger partial charge on any atom is 0.295 e. The number of ketones is 1. The Hall–Kier alpha value is -3.03. The first kappa shape index (κ1) is 20.3. The molecule has 2 saturated heterocycles. The summed E-state index contributed by atoms with van der Waals surface area (Å²) < 4.78 is 5.40. The minimum Gasteiger partial charge on any atom is -0.507 e. The van der Waals surface area contributed by atoms with E-state index in [2.05, 4.69) is 4.98 Å². The summed E-state index contributed by atoms with van der Waals surface area (Å²) in [6.07, 6.45) is 2.40. The van der Waals surface area contributed by atoms with Crippen LogP contribution in [0.5, 0.6) is 0 Å². The zero-order valence-electron chi connectivity index (χ0n) is 16.8. The quantitative estimate of drug-likeness (QED) is 0.420. The molecular weight excluding hydrogens is 382 g/mol. The third kappa shape index (κ3) is 4.13. The Morgan fingerprint density at radius 1 is 1.10 bits per heavy atom. The number of quaternary nitrogens is 1. The number of ether oxygens (including phenoxy) is 1. The molecule has 1 aromatic carbocycles. The zero-order chi connectivity index (χ0) is 20.9. The van der Waals surface area contributed by atoms with Crippen molar-refractivity contribution in [1.29, 1.82) is 0 Å². The number of hydrogen-bond donors (Lipinski definition) is 2. The van der Waals surface area contributed by atoms with Crippen molar-refractivity contribution in [3.63, 3.8) is 0 Å². The molecule has 30 heavy (non-hydrogen) atoms. The van der Waals surface area contributed by atoms with E-state index < -0.39 is 17.7 Å². The molecule has 2 aliphatic rings. The molecule has 0 radical (unpaired) electrons. The largest absolute Gasteiger partial charge is 0.507 e. The molecule has 1 amide bonds. The van der Waals surface area contributed by atoms with Gasteiger partial charge < -0.3 is 19.6 Å². The van der Waals surface area contributed by atoms with E-state index in [0.29, 0.717) is 17.8 Å². The van der Waals surface area contributed by atoms with Gasteiger partial charge in [0.2, 0.25) is 0 Å². The van der Waals surface area contributed by atoms with Crippen molar-refractivity contribution >= 4 is 17.4 Å². The van der Waals surface area contributed by atoms with Gasteiger partial charge in [0.05, 0.1) is 31.0 Å². The maximum absolute atomic E-state index is 12.9. The second kappa shape index (κ2) is 9.19. The second-order valence-corrected chi connectivity index (χ2v) is 7.58.